The number of fused-ring (bicyclic) bond motifs is 2. The van der Waals surface area contributed by atoms with Gasteiger partial charge in [-0.2, -0.15) is 5.10 Å². The standard InChI is InChI=1S/C16H20N4O/c1-19-9-12(7-18-19)10-20-11-13-4-5-15(20)16(13)21-14-3-2-6-17-8-14/h2-3,6-9,13,15-16H,4-5,10-11H2,1H3/t13-,15+,16+/m1/s1. The molecule has 2 aliphatic rings. The Morgan fingerprint density at radius 2 is 2.29 bits per heavy atom. The van der Waals surface area contributed by atoms with Crippen molar-refractivity contribution in [3.8, 4) is 5.75 Å². The highest BCUT2D eigenvalue weighted by molar-refractivity contribution is 5.18. The smallest absolute Gasteiger partial charge is 0.138 e. The zero-order valence-corrected chi connectivity index (χ0v) is 12.2. The van der Waals surface area contributed by atoms with Gasteiger partial charge in [0.15, 0.2) is 0 Å². The third kappa shape index (κ3) is 2.42. The fourth-order valence-corrected chi connectivity index (χ4v) is 3.77. The summed E-state index contributed by atoms with van der Waals surface area (Å²) in [5, 5.41) is 4.26. The third-order valence-electron chi connectivity index (χ3n) is 4.67. The molecule has 0 unspecified atom stereocenters. The molecule has 4 rings (SSSR count). The molecule has 2 fully saturated rings. The molecule has 5 heteroatoms. The summed E-state index contributed by atoms with van der Waals surface area (Å²) >= 11 is 0. The Morgan fingerprint density at radius 3 is 3.05 bits per heavy atom. The van der Waals surface area contributed by atoms with Crippen molar-refractivity contribution >= 4 is 0 Å². The lowest BCUT2D eigenvalue weighted by atomic mass is 10.1. The van der Waals surface area contributed by atoms with Crippen molar-refractivity contribution in [2.45, 2.75) is 31.5 Å². The van der Waals surface area contributed by atoms with Gasteiger partial charge >= 0.3 is 0 Å². The second-order valence-electron chi connectivity index (χ2n) is 6.13. The number of pyridine rings is 1. The molecule has 2 bridgehead atoms. The maximum atomic E-state index is 6.21. The van der Waals surface area contributed by atoms with E-state index in [2.05, 4.69) is 21.2 Å². The number of piperidine rings is 1. The lowest BCUT2D eigenvalue weighted by molar-refractivity contribution is 0.141. The van der Waals surface area contributed by atoms with Crippen LogP contribution in [0, 0.1) is 5.92 Å². The van der Waals surface area contributed by atoms with Gasteiger partial charge in [0.2, 0.25) is 0 Å². The molecule has 2 aromatic rings. The summed E-state index contributed by atoms with van der Waals surface area (Å²) in [5.41, 5.74) is 1.28. The van der Waals surface area contributed by atoms with Crippen LogP contribution >= 0.6 is 0 Å². The summed E-state index contributed by atoms with van der Waals surface area (Å²) < 4.78 is 8.08. The fourth-order valence-electron chi connectivity index (χ4n) is 3.77. The average Bonchev–Trinajstić information content (AvgIpc) is 3.16. The van der Waals surface area contributed by atoms with Crippen molar-refractivity contribution in [3.05, 3.63) is 42.5 Å². The predicted molar refractivity (Wildman–Crippen MR) is 78.8 cm³/mol. The van der Waals surface area contributed by atoms with Gasteiger partial charge in [0.1, 0.15) is 11.9 Å². The maximum Gasteiger partial charge on any atom is 0.138 e. The van der Waals surface area contributed by atoms with E-state index in [1.54, 1.807) is 6.20 Å². The highest BCUT2D eigenvalue weighted by Crippen LogP contribution is 2.40. The van der Waals surface area contributed by atoms with Gasteiger partial charge in [0.25, 0.3) is 0 Å². The zero-order chi connectivity index (χ0) is 14.2. The van der Waals surface area contributed by atoms with Crippen LogP contribution in [0.15, 0.2) is 36.9 Å². The summed E-state index contributed by atoms with van der Waals surface area (Å²) in [5.74, 6) is 1.54. The predicted octanol–water partition coefficient (Wildman–Crippen LogP) is 1.86. The number of aryl methyl sites for hydroxylation is 1. The van der Waals surface area contributed by atoms with E-state index in [0.29, 0.717) is 18.1 Å². The van der Waals surface area contributed by atoms with Crippen molar-refractivity contribution in [2.75, 3.05) is 6.54 Å². The van der Waals surface area contributed by atoms with E-state index < -0.39 is 0 Å². The SMILES string of the molecule is Cn1cc(CN2C[C@H]3CC[C@H]2[C@H]3Oc2cccnc2)cn1. The Balaban J connectivity index is 1.46. The largest absolute Gasteiger partial charge is 0.487 e. The van der Waals surface area contributed by atoms with Gasteiger partial charge in [-0.25, -0.2) is 0 Å². The summed E-state index contributed by atoms with van der Waals surface area (Å²) in [7, 11) is 1.97. The zero-order valence-electron chi connectivity index (χ0n) is 12.2. The lowest BCUT2D eigenvalue weighted by Gasteiger charge is -2.26. The molecule has 2 aromatic heterocycles. The molecule has 5 nitrogen and oxygen atoms in total. The van der Waals surface area contributed by atoms with Gasteiger partial charge < -0.3 is 4.74 Å². The Morgan fingerprint density at radius 1 is 1.33 bits per heavy atom. The first-order valence-corrected chi connectivity index (χ1v) is 7.58. The molecular weight excluding hydrogens is 264 g/mol. The van der Waals surface area contributed by atoms with Crippen LogP contribution in [0.1, 0.15) is 18.4 Å². The molecule has 0 aromatic carbocycles. The summed E-state index contributed by atoms with van der Waals surface area (Å²) in [4.78, 5) is 6.68. The number of rotatable bonds is 4. The minimum Gasteiger partial charge on any atom is -0.487 e. The summed E-state index contributed by atoms with van der Waals surface area (Å²) in [6.07, 6.45) is 10.5. The molecule has 1 saturated heterocycles. The van der Waals surface area contributed by atoms with Crippen LogP contribution in [-0.4, -0.2) is 38.4 Å². The topological polar surface area (TPSA) is 43.2 Å². The highest BCUT2D eigenvalue weighted by Gasteiger charge is 2.48. The first-order valence-electron chi connectivity index (χ1n) is 7.58. The molecule has 1 aliphatic heterocycles. The van der Waals surface area contributed by atoms with Crippen molar-refractivity contribution in [1.29, 1.82) is 0 Å². The van der Waals surface area contributed by atoms with Crippen LogP contribution in [0.4, 0.5) is 0 Å². The maximum absolute atomic E-state index is 6.21. The number of hydrogen-bond donors (Lipinski definition) is 0. The monoisotopic (exact) mass is 284 g/mol. The van der Waals surface area contributed by atoms with E-state index in [0.717, 1.165) is 18.8 Å². The third-order valence-corrected chi connectivity index (χ3v) is 4.67. The molecular formula is C16H20N4O. The van der Waals surface area contributed by atoms with E-state index in [1.807, 2.05) is 36.3 Å². The Kier molecular flexibility index (Phi) is 3.15. The lowest BCUT2D eigenvalue weighted by Crippen LogP contribution is -2.35. The molecule has 0 radical (unpaired) electrons. The van der Waals surface area contributed by atoms with E-state index in [4.69, 9.17) is 4.74 Å². The van der Waals surface area contributed by atoms with Crippen LogP contribution in [0.5, 0.6) is 5.75 Å². The first kappa shape index (κ1) is 12.8. The second-order valence-corrected chi connectivity index (χ2v) is 6.13. The summed E-state index contributed by atoms with van der Waals surface area (Å²) in [6.45, 7) is 2.10. The minimum absolute atomic E-state index is 0.311. The molecule has 1 saturated carbocycles. The van der Waals surface area contributed by atoms with Crippen LogP contribution in [0.25, 0.3) is 0 Å². The quantitative estimate of drug-likeness (QED) is 0.859. The van der Waals surface area contributed by atoms with Crippen LogP contribution in [0.2, 0.25) is 0 Å². The van der Waals surface area contributed by atoms with Gasteiger partial charge in [-0.05, 0) is 25.0 Å². The van der Waals surface area contributed by atoms with E-state index >= 15 is 0 Å². The van der Waals surface area contributed by atoms with E-state index in [-0.39, 0.29) is 0 Å². The molecule has 3 heterocycles. The first-order chi connectivity index (χ1) is 10.3. The van der Waals surface area contributed by atoms with Crippen molar-refractivity contribution in [1.82, 2.24) is 19.7 Å². The molecule has 21 heavy (non-hydrogen) atoms. The molecule has 0 N–H and O–H groups in total. The van der Waals surface area contributed by atoms with Gasteiger partial charge in [0, 0.05) is 50.1 Å². The second kappa shape index (κ2) is 5.15. The Bertz CT molecular complexity index is 612. The van der Waals surface area contributed by atoms with Crippen LogP contribution in [0.3, 0.4) is 0 Å². The van der Waals surface area contributed by atoms with E-state index in [1.165, 1.54) is 18.4 Å². The number of nitrogens with zero attached hydrogens (tertiary/aromatic N) is 4. The number of hydrogen-bond acceptors (Lipinski definition) is 4. The van der Waals surface area contributed by atoms with Gasteiger partial charge in [-0.15, -0.1) is 0 Å². The summed E-state index contributed by atoms with van der Waals surface area (Å²) in [6, 6.07) is 4.45. The van der Waals surface area contributed by atoms with Gasteiger partial charge in [0.05, 0.1) is 12.4 Å². The molecule has 0 amide bonds. The molecule has 0 spiro atoms. The Labute approximate surface area is 124 Å². The minimum atomic E-state index is 0.311. The van der Waals surface area contributed by atoms with Gasteiger partial charge in [-0.1, -0.05) is 0 Å². The molecule has 3 atom stereocenters. The van der Waals surface area contributed by atoms with Crippen molar-refractivity contribution in [3.63, 3.8) is 0 Å². The average molecular weight is 284 g/mol. The normalized spacial score (nSPS) is 28.1. The van der Waals surface area contributed by atoms with Crippen molar-refractivity contribution < 1.29 is 4.74 Å². The number of ether oxygens (including phenoxy) is 1. The fraction of sp³-hybridized carbons (Fsp3) is 0.500. The Hall–Kier alpha value is -1.88. The number of likely N-dealkylation sites (tertiary alicyclic amines) is 1. The molecule has 110 valence electrons. The van der Waals surface area contributed by atoms with Gasteiger partial charge in [-0.3, -0.25) is 14.6 Å². The van der Waals surface area contributed by atoms with E-state index in [9.17, 15) is 0 Å². The van der Waals surface area contributed by atoms with Crippen LogP contribution in [-0.2, 0) is 13.6 Å². The number of aromatic nitrogens is 3. The van der Waals surface area contributed by atoms with Crippen molar-refractivity contribution in [2.24, 2.45) is 13.0 Å². The highest BCUT2D eigenvalue weighted by atomic mass is 16.5. The van der Waals surface area contributed by atoms with Crippen LogP contribution < -0.4 is 4.74 Å². The molecule has 1 aliphatic carbocycles.